The largest absolute Gasteiger partial charge is 0.379 e. The van der Waals surface area contributed by atoms with Crippen LogP contribution < -0.4 is 10.9 Å². The lowest BCUT2D eigenvalue weighted by Crippen LogP contribution is -2.23. The van der Waals surface area contributed by atoms with Crippen molar-refractivity contribution < 1.29 is 0 Å². The summed E-state index contributed by atoms with van der Waals surface area (Å²) in [6.07, 6.45) is 3.24. The van der Waals surface area contributed by atoms with Gasteiger partial charge in [-0.1, -0.05) is 29.8 Å². The van der Waals surface area contributed by atoms with Gasteiger partial charge in [0.1, 0.15) is 4.47 Å². The summed E-state index contributed by atoms with van der Waals surface area (Å²) in [5, 5.41) is 7.92. The number of allylic oxidation sites excluding steroid dienone is 1. The Hall–Kier alpha value is -1.59. The minimum absolute atomic E-state index is 0.194. The molecule has 104 valence electrons. The molecule has 0 unspecified atom stereocenters. The maximum atomic E-state index is 12.0. The fourth-order valence-electron chi connectivity index (χ4n) is 1.68. The summed E-state index contributed by atoms with van der Waals surface area (Å²) in [5.41, 5.74) is 1.48. The second-order valence-electron chi connectivity index (χ2n) is 4.13. The van der Waals surface area contributed by atoms with Crippen LogP contribution in [-0.2, 0) is 13.1 Å². The van der Waals surface area contributed by atoms with Crippen molar-refractivity contribution in [3.63, 3.8) is 0 Å². The lowest BCUT2D eigenvalue weighted by molar-refractivity contribution is 0.649. The molecule has 0 saturated heterocycles. The van der Waals surface area contributed by atoms with Gasteiger partial charge in [-0.15, -0.1) is 6.58 Å². The molecule has 1 aromatic heterocycles. The predicted molar refractivity (Wildman–Crippen MR) is 85.2 cm³/mol. The van der Waals surface area contributed by atoms with Crippen LogP contribution in [0.2, 0.25) is 5.02 Å². The van der Waals surface area contributed by atoms with E-state index in [2.05, 4.69) is 32.9 Å². The smallest absolute Gasteiger partial charge is 0.283 e. The molecule has 4 nitrogen and oxygen atoms in total. The molecule has 0 radical (unpaired) electrons. The third-order valence-electron chi connectivity index (χ3n) is 2.66. The molecule has 0 spiro atoms. The van der Waals surface area contributed by atoms with Crippen molar-refractivity contribution in [2.24, 2.45) is 0 Å². The average molecular weight is 355 g/mol. The van der Waals surface area contributed by atoms with E-state index in [0.29, 0.717) is 28.3 Å². The van der Waals surface area contributed by atoms with Crippen molar-refractivity contribution in [2.45, 2.75) is 13.1 Å². The Bertz CT molecular complexity index is 684. The van der Waals surface area contributed by atoms with Gasteiger partial charge in [0.15, 0.2) is 0 Å². The van der Waals surface area contributed by atoms with Crippen LogP contribution in [0.25, 0.3) is 0 Å². The third kappa shape index (κ3) is 3.49. The van der Waals surface area contributed by atoms with E-state index in [4.69, 9.17) is 11.6 Å². The lowest BCUT2D eigenvalue weighted by Gasteiger charge is -2.10. The quantitative estimate of drug-likeness (QED) is 0.837. The molecule has 2 rings (SSSR count). The number of hydrogen-bond donors (Lipinski definition) is 1. The van der Waals surface area contributed by atoms with E-state index < -0.39 is 0 Å². The number of hydrogen-bond acceptors (Lipinski definition) is 3. The summed E-state index contributed by atoms with van der Waals surface area (Å²) in [6.45, 7) is 4.53. The van der Waals surface area contributed by atoms with Crippen molar-refractivity contribution in [2.75, 3.05) is 5.32 Å². The standard InChI is InChI=1S/C14H13BrClN3O/c1-2-6-19-14(20)13(15)12(9-18-19)17-8-10-4-3-5-11(16)7-10/h2-5,7,9,17H,1,6,8H2. The van der Waals surface area contributed by atoms with Crippen LogP contribution in [-0.4, -0.2) is 9.78 Å². The molecule has 2 aromatic rings. The molecule has 0 saturated carbocycles. The van der Waals surface area contributed by atoms with Gasteiger partial charge in [0.05, 0.1) is 18.4 Å². The Morgan fingerprint density at radius 3 is 3.00 bits per heavy atom. The average Bonchev–Trinajstić information content (AvgIpc) is 2.43. The topological polar surface area (TPSA) is 46.9 Å². The molecule has 0 bridgehead atoms. The zero-order chi connectivity index (χ0) is 14.5. The fraction of sp³-hybridized carbons (Fsp3) is 0.143. The summed E-state index contributed by atoms with van der Waals surface area (Å²) >= 11 is 9.22. The van der Waals surface area contributed by atoms with Crippen molar-refractivity contribution in [3.8, 4) is 0 Å². The highest BCUT2D eigenvalue weighted by Gasteiger charge is 2.07. The lowest BCUT2D eigenvalue weighted by atomic mass is 10.2. The van der Waals surface area contributed by atoms with Crippen LogP contribution in [0.15, 0.2) is 52.4 Å². The summed E-state index contributed by atoms with van der Waals surface area (Å²) in [6, 6.07) is 7.53. The second kappa shape index (κ2) is 6.72. The Morgan fingerprint density at radius 2 is 2.30 bits per heavy atom. The first-order chi connectivity index (χ1) is 9.61. The minimum Gasteiger partial charge on any atom is -0.379 e. The highest BCUT2D eigenvalue weighted by molar-refractivity contribution is 9.10. The van der Waals surface area contributed by atoms with Crippen molar-refractivity contribution in [1.82, 2.24) is 9.78 Å². The molecule has 20 heavy (non-hydrogen) atoms. The van der Waals surface area contributed by atoms with E-state index in [0.717, 1.165) is 5.56 Å². The van der Waals surface area contributed by atoms with Gasteiger partial charge in [0, 0.05) is 11.6 Å². The van der Waals surface area contributed by atoms with E-state index in [9.17, 15) is 4.79 Å². The van der Waals surface area contributed by atoms with Crippen LogP contribution >= 0.6 is 27.5 Å². The van der Waals surface area contributed by atoms with Gasteiger partial charge in [-0.3, -0.25) is 4.79 Å². The van der Waals surface area contributed by atoms with Crippen LogP contribution in [0.4, 0.5) is 5.69 Å². The Balaban J connectivity index is 2.16. The van der Waals surface area contributed by atoms with E-state index >= 15 is 0 Å². The zero-order valence-electron chi connectivity index (χ0n) is 10.6. The normalized spacial score (nSPS) is 10.3. The van der Waals surface area contributed by atoms with Gasteiger partial charge in [0.2, 0.25) is 0 Å². The SMILES string of the molecule is C=CCn1ncc(NCc2cccc(Cl)c2)c(Br)c1=O. The van der Waals surface area contributed by atoms with Crippen LogP contribution in [0, 0.1) is 0 Å². The predicted octanol–water partition coefficient (Wildman–Crippen LogP) is 3.46. The van der Waals surface area contributed by atoms with Gasteiger partial charge < -0.3 is 5.32 Å². The number of anilines is 1. The molecule has 1 aromatic carbocycles. The summed E-state index contributed by atoms with van der Waals surface area (Å²) in [7, 11) is 0. The van der Waals surface area contributed by atoms with Crippen molar-refractivity contribution in [1.29, 1.82) is 0 Å². The molecular formula is C14H13BrClN3O. The summed E-state index contributed by atoms with van der Waals surface area (Å²) in [5.74, 6) is 0. The van der Waals surface area contributed by atoms with Gasteiger partial charge in [-0.2, -0.15) is 5.10 Å². The highest BCUT2D eigenvalue weighted by atomic mass is 79.9. The number of benzene rings is 1. The molecule has 1 heterocycles. The van der Waals surface area contributed by atoms with Crippen molar-refractivity contribution >= 4 is 33.2 Å². The van der Waals surface area contributed by atoms with Crippen LogP contribution in [0.5, 0.6) is 0 Å². The zero-order valence-corrected chi connectivity index (χ0v) is 13.0. The first-order valence-corrected chi connectivity index (χ1v) is 7.13. The number of rotatable bonds is 5. The van der Waals surface area contributed by atoms with Gasteiger partial charge in [-0.05, 0) is 33.6 Å². The van der Waals surface area contributed by atoms with E-state index in [1.165, 1.54) is 4.68 Å². The number of aromatic nitrogens is 2. The molecular weight excluding hydrogens is 342 g/mol. The first-order valence-electron chi connectivity index (χ1n) is 5.96. The highest BCUT2D eigenvalue weighted by Crippen LogP contribution is 2.18. The van der Waals surface area contributed by atoms with Gasteiger partial charge >= 0.3 is 0 Å². The Kier molecular flexibility index (Phi) is 4.98. The van der Waals surface area contributed by atoms with Gasteiger partial charge in [-0.25, -0.2) is 4.68 Å². The molecule has 0 aliphatic rings. The third-order valence-corrected chi connectivity index (χ3v) is 3.66. The Morgan fingerprint density at radius 1 is 1.50 bits per heavy atom. The first kappa shape index (κ1) is 14.8. The number of halogens is 2. The van der Waals surface area contributed by atoms with E-state index in [1.807, 2.05) is 24.3 Å². The van der Waals surface area contributed by atoms with Crippen LogP contribution in [0.3, 0.4) is 0 Å². The fourth-order valence-corrected chi connectivity index (χ4v) is 2.34. The molecule has 0 aliphatic heterocycles. The number of nitrogens with one attached hydrogen (secondary N) is 1. The van der Waals surface area contributed by atoms with Crippen molar-refractivity contribution in [3.05, 3.63) is 68.5 Å². The monoisotopic (exact) mass is 353 g/mol. The van der Waals surface area contributed by atoms with Crippen LogP contribution in [0.1, 0.15) is 5.56 Å². The number of nitrogens with zero attached hydrogens (tertiary/aromatic N) is 2. The molecule has 6 heteroatoms. The molecule has 0 aliphatic carbocycles. The molecule has 1 N–H and O–H groups in total. The summed E-state index contributed by atoms with van der Waals surface area (Å²) < 4.78 is 1.79. The van der Waals surface area contributed by atoms with E-state index in [-0.39, 0.29) is 5.56 Å². The van der Waals surface area contributed by atoms with Gasteiger partial charge in [0.25, 0.3) is 5.56 Å². The molecule has 0 atom stereocenters. The maximum Gasteiger partial charge on any atom is 0.283 e. The molecule has 0 fully saturated rings. The maximum absolute atomic E-state index is 12.0. The summed E-state index contributed by atoms with van der Waals surface area (Å²) in [4.78, 5) is 12.0. The molecule has 0 amide bonds. The minimum atomic E-state index is -0.194. The second-order valence-corrected chi connectivity index (χ2v) is 5.36. The Labute approximate surface area is 130 Å². The van der Waals surface area contributed by atoms with E-state index in [1.54, 1.807) is 12.3 Å².